The van der Waals surface area contributed by atoms with Crippen molar-refractivity contribution in [1.82, 2.24) is 5.32 Å². The minimum absolute atomic E-state index is 0.517. The van der Waals surface area contributed by atoms with Gasteiger partial charge in [-0.05, 0) is 48.0 Å². The second-order valence-electron chi connectivity index (χ2n) is 8.19. The van der Waals surface area contributed by atoms with Crippen molar-refractivity contribution in [3.8, 4) is 0 Å². The zero-order chi connectivity index (χ0) is 14.1. The van der Waals surface area contributed by atoms with Crippen molar-refractivity contribution < 1.29 is 0 Å². The van der Waals surface area contributed by atoms with Gasteiger partial charge < -0.3 is 5.32 Å². The molecule has 108 valence electrons. The molecule has 18 heavy (non-hydrogen) atoms. The van der Waals surface area contributed by atoms with Crippen LogP contribution in [0.25, 0.3) is 0 Å². The van der Waals surface area contributed by atoms with Gasteiger partial charge in [-0.2, -0.15) is 0 Å². The number of hydrogen-bond acceptors (Lipinski definition) is 1. The van der Waals surface area contributed by atoms with Crippen LogP contribution >= 0.6 is 0 Å². The van der Waals surface area contributed by atoms with Crippen molar-refractivity contribution in [3.05, 3.63) is 0 Å². The Morgan fingerprint density at radius 3 is 1.67 bits per heavy atom. The summed E-state index contributed by atoms with van der Waals surface area (Å²) in [5.74, 6) is 2.48. The van der Waals surface area contributed by atoms with Crippen molar-refractivity contribution in [2.45, 2.75) is 74.3 Å². The molecule has 0 aromatic rings. The lowest BCUT2D eigenvalue weighted by Crippen LogP contribution is -2.27. The highest BCUT2D eigenvalue weighted by Gasteiger charge is 2.69. The lowest BCUT2D eigenvalue weighted by Gasteiger charge is -2.25. The summed E-state index contributed by atoms with van der Waals surface area (Å²) >= 11 is 0. The summed E-state index contributed by atoms with van der Waals surface area (Å²) in [6.07, 6.45) is 2.78. The minimum atomic E-state index is 0.517. The normalized spacial score (nSPS) is 25.2. The molecule has 0 aromatic carbocycles. The van der Waals surface area contributed by atoms with E-state index in [1.54, 1.807) is 0 Å². The molecule has 0 amide bonds. The molecule has 1 atom stereocenters. The molecule has 1 heteroatoms. The molecule has 1 aliphatic rings. The van der Waals surface area contributed by atoms with Gasteiger partial charge in [0.1, 0.15) is 0 Å². The van der Waals surface area contributed by atoms with Crippen LogP contribution in [0.2, 0.25) is 0 Å². The third-order valence-corrected chi connectivity index (χ3v) is 5.01. The second kappa shape index (κ2) is 5.53. The van der Waals surface area contributed by atoms with E-state index in [2.05, 4.69) is 60.7 Å². The van der Waals surface area contributed by atoms with Gasteiger partial charge in [0.15, 0.2) is 0 Å². The van der Waals surface area contributed by atoms with Crippen LogP contribution < -0.4 is 5.32 Å². The monoisotopic (exact) mass is 253 g/mol. The van der Waals surface area contributed by atoms with Crippen molar-refractivity contribution >= 4 is 0 Å². The number of rotatable bonds is 7. The van der Waals surface area contributed by atoms with Crippen LogP contribution in [0.3, 0.4) is 0 Å². The zero-order valence-electron chi connectivity index (χ0n) is 13.9. The van der Waals surface area contributed by atoms with Crippen LogP contribution in [0.15, 0.2) is 0 Å². The van der Waals surface area contributed by atoms with Crippen LogP contribution in [-0.4, -0.2) is 12.6 Å². The van der Waals surface area contributed by atoms with E-state index in [0.717, 1.165) is 17.8 Å². The Kier molecular flexibility index (Phi) is 4.92. The Morgan fingerprint density at radius 2 is 1.33 bits per heavy atom. The summed E-state index contributed by atoms with van der Waals surface area (Å²) in [6.45, 7) is 20.2. The van der Waals surface area contributed by atoms with Crippen LogP contribution in [0, 0.1) is 28.6 Å². The van der Waals surface area contributed by atoms with Crippen molar-refractivity contribution in [2.75, 3.05) is 6.54 Å². The van der Waals surface area contributed by atoms with E-state index in [-0.39, 0.29) is 0 Å². The average molecular weight is 253 g/mol. The maximum Gasteiger partial charge on any atom is 0.00105 e. The van der Waals surface area contributed by atoms with E-state index < -0.39 is 0 Å². The molecule has 1 rings (SSSR count). The van der Waals surface area contributed by atoms with Gasteiger partial charge in [-0.15, -0.1) is 0 Å². The molecular formula is C17H35N. The fourth-order valence-electron chi connectivity index (χ4n) is 4.22. The first kappa shape index (κ1) is 16.0. The van der Waals surface area contributed by atoms with Gasteiger partial charge in [0, 0.05) is 6.04 Å². The summed E-state index contributed by atoms with van der Waals surface area (Å²) in [7, 11) is 0. The summed E-state index contributed by atoms with van der Waals surface area (Å²) in [5, 5.41) is 3.66. The van der Waals surface area contributed by atoms with E-state index >= 15 is 0 Å². The van der Waals surface area contributed by atoms with Crippen LogP contribution in [0.4, 0.5) is 0 Å². The van der Waals surface area contributed by atoms with Crippen molar-refractivity contribution in [3.63, 3.8) is 0 Å². The molecule has 0 radical (unpaired) electrons. The number of nitrogens with one attached hydrogen (secondary N) is 1. The second-order valence-corrected chi connectivity index (χ2v) is 8.19. The van der Waals surface area contributed by atoms with E-state index in [1.165, 1.54) is 19.4 Å². The number of hydrogen-bond donors (Lipinski definition) is 1. The predicted octanol–water partition coefficient (Wildman–Crippen LogP) is 4.72. The molecule has 1 unspecified atom stereocenters. The third kappa shape index (κ3) is 3.10. The Hall–Kier alpha value is -0.0400. The Balaban J connectivity index is 2.76. The van der Waals surface area contributed by atoms with Crippen molar-refractivity contribution in [2.24, 2.45) is 28.6 Å². The Bertz CT molecular complexity index is 253. The van der Waals surface area contributed by atoms with Gasteiger partial charge in [-0.3, -0.25) is 0 Å². The molecular weight excluding hydrogens is 218 g/mol. The highest BCUT2D eigenvalue weighted by atomic mass is 14.9. The molecule has 0 aliphatic heterocycles. The van der Waals surface area contributed by atoms with Crippen LogP contribution in [-0.2, 0) is 0 Å². The molecule has 0 aromatic heterocycles. The standard InChI is InChI=1S/C17H35N/c1-12(2)9-17(10-13(3)4)15(16(17,7)8)11-18-14(5)6/h12-15,18H,9-11H2,1-8H3. The van der Waals surface area contributed by atoms with Gasteiger partial charge in [-0.25, -0.2) is 0 Å². The first-order valence-corrected chi connectivity index (χ1v) is 7.87. The smallest absolute Gasteiger partial charge is 0.00105 e. The van der Waals surface area contributed by atoms with E-state index in [9.17, 15) is 0 Å². The summed E-state index contributed by atoms with van der Waals surface area (Å²) in [5.41, 5.74) is 1.10. The van der Waals surface area contributed by atoms with E-state index in [0.29, 0.717) is 16.9 Å². The van der Waals surface area contributed by atoms with Crippen molar-refractivity contribution in [1.29, 1.82) is 0 Å². The van der Waals surface area contributed by atoms with E-state index in [4.69, 9.17) is 0 Å². The summed E-state index contributed by atoms with van der Waals surface area (Å²) in [4.78, 5) is 0. The topological polar surface area (TPSA) is 12.0 Å². The molecule has 1 aliphatic carbocycles. The third-order valence-electron chi connectivity index (χ3n) is 5.01. The first-order valence-electron chi connectivity index (χ1n) is 7.87. The Morgan fingerprint density at radius 1 is 0.889 bits per heavy atom. The van der Waals surface area contributed by atoms with E-state index in [1.807, 2.05) is 0 Å². The predicted molar refractivity (Wildman–Crippen MR) is 81.8 cm³/mol. The molecule has 0 saturated heterocycles. The first-order chi connectivity index (χ1) is 8.13. The highest BCUT2D eigenvalue weighted by molar-refractivity contribution is 5.17. The molecule has 0 heterocycles. The molecule has 0 spiro atoms. The minimum Gasteiger partial charge on any atom is -0.314 e. The maximum atomic E-state index is 3.66. The quantitative estimate of drug-likeness (QED) is 0.692. The summed E-state index contributed by atoms with van der Waals surface area (Å²) < 4.78 is 0. The lowest BCUT2D eigenvalue weighted by molar-refractivity contribution is 0.251. The molecule has 1 N–H and O–H groups in total. The fraction of sp³-hybridized carbons (Fsp3) is 1.00. The fourth-order valence-corrected chi connectivity index (χ4v) is 4.22. The largest absolute Gasteiger partial charge is 0.314 e. The van der Waals surface area contributed by atoms with Gasteiger partial charge in [0.2, 0.25) is 0 Å². The van der Waals surface area contributed by atoms with Gasteiger partial charge >= 0.3 is 0 Å². The average Bonchev–Trinajstić information content (AvgIpc) is 2.55. The van der Waals surface area contributed by atoms with Gasteiger partial charge in [0.25, 0.3) is 0 Å². The molecule has 1 saturated carbocycles. The summed E-state index contributed by atoms with van der Waals surface area (Å²) in [6, 6.07) is 0.609. The molecule has 0 bridgehead atoms. The SMILES string of the molecule is CC(C)CC1(CC(C)C)C(CNC(C)C)C1(C)C. The maximum absolute atomic E-state index is 3.66. The zero-order valence-corrected chi connectivity index (χ0v) is 13.9. The van der Waals surface area contributed by atoms with Gasteiger partial charge in [0.05, 0.1) is 0 Å². The highest BCUT2D eigenvalue weighted by Crippen LogP contribution is 2.73. The van der Waals surface area contributed by atoms with Gasteiger partial charge in [-0.1, -0.05) is 55.4 Å². The van der Waals surface area contributed by atoms with Crippen LogP contribution in [0.5, 0.6) is 0 Å². The molecule has 1 fully saturated rings. The lowest BCUT2D eigenvalue weighted by atomic mass is 9.80. The molecule has 1 nitrogen and oxygen atoms in total. The van der Waals surface area contributed by atoms with Crippen LogP contribution in [0.1, 0.15) is 68.2 Å². The Labute approximate surface area is 115 Å².